The van der Waals surface area contributed by atoms with Crippen molar-refractivity contribution in [2.24, 2.45) is 0 Å². The summed E-state index contributed by atoms with van der Waals surface area (Å²) in [7, 11) is -3.17. The largest absolute Gasteiger partial charge is 0.224 e. The van der Waals surface area contributed by atoms with E-state index in [1.54, 1.807) is 23.5 Å². The first-order valence-corrected chi connectivity index (χ1v) is 9.35. The number of sulfone groups is 1. The Balaban J connectivity index is 1.99. The summed E-state index contributed by atoms with van der Waals surface area (Å²) in [6.45, 7) is 1.93. The third kappa shape index (κ3) is 3.08. The molecular weight excluding hydrogens is 316 g/mol. The molecule has 0 unspecified atom stereocenters. The summed E-state index contributed by atoms with van der Waals surface area (Å²) in [6.07, 6.45) is 1.21. The van der Waals surface area contributed by atoms with Gasteiger partial charge in [-0.15, -0.1) is 10.2 Å². The average molecular weight is 330 g/mol. The molecule has 3 rings (SSSR count). The molecule has 0 atom stereocenters. The fourth-order valence-electron chi connectivity index (χ4n) is 2.14. The quantitative estimate of drug-likeness (QED) is 0.736. The lowest BCUT2D eigenvalue weighted by Gasteiger charge is -2.05. The van der Waals surface area contributed by atoms with Crippen LogP contribution in [-0.4, -0.2) is 24.9 Å². The van der Waals surface area contributed by atoms with Gasteiger partial charge in [0.05, 0.1) is 4.90 Å². The van der Waals surface area contributed by atoms with Crippen LogP contribution in [0.4, 0.5) is 0 Å². The van der Waals surface area contributed by atoms with E-state index in [2.05, 4.69) is 10.2 Å². The SMILES string of the molecule is Cc1nnc(-c2cccc(-c3ccc(S(C)(=O)=O)cc3)c2)s1. The van der Waals surface area contributed by atoms with Gasteiger partial charge in [0.25, 0.3) is 0 Å². The van der Waals surface area contributed by atoms with Crippen LogP contribution in [0.2, 0.25) is 0 Å². The lowest BCUT2D eigenvalue weighted by Crippen LogP contribution is -1.96. The first-order valence-electron chi connectivity index (χ1n) is 6.64. The molecule has 2 aromatic carbocycles. The van der Waals surface area contributed by atoms with E-state index in [9.17, 15) is 8.42 Å². The first kappa shape index (κ1) is 14.9. The van der Waals surface area contributed by atoms with Crippen molar-refractivity contribution in [1.82, 2.24) is 10.2 Å². The van der Waals surface area contributed by atoms with Crippen molar-refractivity contribution < 1.29 is 8.42 Å². The van der Waals surface area contributed by atoms with Crippen LogP contribution in [0.3, 0.4) is 0 Å². The van der Waals surface area contributed by atoms with Gasteiger partial charge in [-0.3, -0.25) is 0 Å². The molecule has 0 aliphatic rings. The molecular formula is C16H14N2O2S2. The van der Waals surface area contributed by atoms with Crippen LogP contribution in [0.15, 0.2) is 53.4 Å². The number of aryl methyl sites for hydroxylation is 1. The van der Waals surface area contributed by atoms with E-state index in [0.29, 0.717) is 4.90 Å². The van der Waals surface area contributed by atoms with Gasteiger partial charge in [-0.25, -0.2) is 8.42 Å². The standard InChI is InChI=1S/C16H14N2O2S2/c1-11-17-18-16(21-11)14-5-3-4-13(10-14)12-6-8-15(9-7-12)22(2,19)20/h3-10H,1-2H3. The van der Waals surface area contributed by atoms with Crippen molar-refractivity contribution in [2.75, 3.05) is 6.26 Å². The van der Waals surface area contributed by atoms with Gasteiger partial charge in [0, 0.05) is 11.8 Å². The molecule has 0 aliphatic heterocycles. The Morgan fingerprint density at radius 2 is 1.59 bits per heavy atom. The van der Waals surface area contributed by atoms with E-state index in [1.807, 2.05) is 43.3 Å². The number of nitrogens with zero attached hydrogens (tertiary/aromatic N) is 2. The maximum Gasteiger partial charge on any atom is 0.175 e. The van der Waals surface area contributed by atoms with Crippen molar-refractivity contribution in [3.8, 4) is 21.7 Å². The topological polar surface area (TPSA) is 59.9 Å². The van der Waals surface area contributed by atoms with Gasteiger partial charge in [-0.1, -0.05) is 41.7 Å². The molecule has 22 heavy (non-hydrogen) atoms. The van der Waals surface area contributed by atoms with Crippen molar-refractivity contribution in [3.05, 3.63) is 53.5 Å². The highest BCUT2D eigenvalue weighted by molar-refractivity contribution is 7.90. The summed E-state index contributed by atoms with van der Waals surface area (Å²) < 4.78 is 23.0. The van der Waals surface area contributed by atoms with E-state index in [-0.39, 0.29) is 0 Å². The van der Waals surface area contributed by atoms with Gasteiger partial charge in [-0.05, 0) is 36.2 Å². The number of hydrogen-bond donors (Lipinski definition) is 0. The Morgan fingerprint density at radius 3 is 2.18 bits per heavy atom. The summed E-state index contributed by atoms with van der Waals surface area (Å²) in [5.74, 6) is 0. The number of hydrogen-bond acceptors (Lipinski definition) is 5. The molecule has 0 aliphatic carbocycles. The van der Waals surface area contributed by atoms with E-state index < -0.39 is 9.84 Å². The molecule has 3 aromatic rings. The van der Waals surface area contributed by atoms with Crippen LogP contribution in [-0.2, 0) is 9.84 Å². The predicted octanol–water partition coefficient (Wildman–Crippen LogP) is 3.58. The van der Waals surface area contributed by atoms with Gasteiger partial charge in [0.1, 0.15) is 10.0 Å². The van der Waals surface area contributed by atoms with Gasteiger partial charge in [-0.2, -0.15) is 0 Å². The van der Waals surface area contributed by atoms with Crippen molar-refractivity contribution >= 4 is 21.2 Å². The Labute approximate surface area is 133 Å². The summed E-state index contributed by atoms with van der Waals surface area (Å²) in [5.41, 5.74) is 3.00. The zero-order chi connectivity index (χ0) is 15.7. The van der Waals surface area contributed by atoms with Gasteiger partial charge in [0.15, 0.2) is 9.84 Å². The molecule has 1 aromatic heterocycles. The van der Waals surface area contributed by atoms with Crippen molar-refractivity contribution in [2.45, 2.75) is 11.8 Å². The fourth-order valence-corrected chi connectivity index (χ4v) is 3.46. The molecule has 0 amide bonds. The van der Waals surface area contributed by atoms with Gasteiger partial charge in [0.2, 0.25) is 0 Å². The second-order valence-corrected chi connectivity index (χ2v) is 8.20. The maximum atomic E-state index is 11.5. The van der Waals surface area contributed by atoms with Crippen LogP contribution in [0.25, 0.3) is 21.7 Å². The van der Waals surface area contributed by atoms with Crippen LogP contribution in [0.1, 0.15) is 5.01 Å². The monoisotopic (exact) mass is 330 g/mol. The zero-order valence-electron chi connectivity index (χ0n) is 12.1. The Hall–Kier alpha value is -2.05. The van der Waals surface area contributed by atoms with Gasteiger partial charge >= 0.3 is 0 Å². The molecule has 1 heterocycles. The normalized spacial score (nSPS) is 11.5. The van der Waals surface area contributed by atoms with E-state index >= 15 is 0 Å². The minimum Gasteiger partial charge on any atom is -0.224 e. The predicted molar refractivity (Wildman–Crippen MR) is 88.6 cm³/mol. The highest BCUT2D eigenvalue weighted by Gasteiger charge is 2.08. The lowest BCUT2D eigenvalue weighted by molar-refractivity contribution is 0.602. The van der Waals surface area contributed by atoms with Crippen LogP contribution in [0.5, 0.6) is 0 Å². The third-order valence-electron chi connectivity index (χ3n) is 3.25. The molecule has 6 heteroatoms. The number of benzene rings is 2. The van der Waals surface area contributed by atoms with Crippen LogP contribution < -0.4 is 0 Å². The summed E-state index contributed by atoms with van der Waals surface area (Å²) in [4.78, 5) is 0.326. The molecule has 0 fully saturated rings. The zero-order valence-corrected chi connectivity index (χ0v) is 13.8. The van der Waals surface area contributed by atoms with Crippen molar-refractivity contribution in [3.63, 3.8) is 0 Å². The average Bonchev–Trinajstić information content (AvgIpc) is 2.93. The minimum absolute atomic E-state index is 0.326. The van der Waals surface area contributed by atoms with Gasteiger partial charge < -0.3 is 0 Å². The highest BCUT2D eigenvalue weighted by atomic mass is 32.2. The van der Waals surface area contributed by atoms with E-state index in [1.165, 1.54) is 6.26 Å². The lowest BCUT2D eigenvalue weighted by atomic mass is 10.0. The first-order chi connectivity index (χ1) is 10.4. The summed E-state index contributed by atoms with van der Waals surface area (Å²) in [5, 5.41) is 10.0. The molecule has 0 N–H and O–H groups in total. The van der Waals surface area contributed by atoms with E-state index in [0.717, 1.165) is 26.7 Å². The maximum absolute atomic E-state index is 11.5. The molecule has 0 saturated carbocycles. The molecule has 0 radical (unpaired) electrons. The minimum atomic E-state index is -3.17. The molecule has 4 nitrogen and oxygen atoms in total. The molecule has 0 saturated heterocycles. The molecule has 0 bridgehead atoms. The van der Waals surface area contributed by atoms with Crippen LogP contribution in [0, 0.1) is 6.92 Å². The van der Waals surface area contributed by atoms with Crippen molar-refractivity contribution in [1.29, 1.82) is 0 Å². The smallest absolute Gasteiger partial charge is 0.175 e. The summed E-state index contributed by atoms with van der Waals surface area (Å²) in [6, 6.07) is 14.9. The molecule has 0 spiro atoms. The Kier molecular flexibility index (Phi) is 3.80. The Bertz CT molecular complexity index is 913. The number of rotatable bonds is 3. The second kappa shape index (κ2) is 5.62. The summed E-state index contributed by atoms with van der Waals surface area (Å²) >= 11 is 1.55. The third-order valence-corrected chi connectivity index (χ3v) is 5.27. The highest BCUT2D eigenvalue weighted by Crippen LogP contribution is 2.28. The van der Waals surface area contributed by atoms with Crippen LogP contribution >= 0.6 is 11.3 Å². The number of aromatic nitrogens is 2. The Morgan fingerprint density at radius 1 is 0.909 bits per heavy atom. The molecule has 112 valence electrons. The fraction of sp³-hybridized carbons (Fsp3) is 0.125. The second-order valence-electron chi connectivity index (χ2n) is 5.00. The van der Waals surface area contributed by atoms with E-state index in [4.69, 9.17) is 0 Å².